The van der Waals surface area contributed by atoms with Crippen LogP contribution in [0.1, 0.15) is 37.0 Å². The molecule has 0 aliphatic heterocycles. The van der Waals surface area contributed by atoms with Crippen molar-refractivity contribution in [2.45, 2.75) is 32.8 Å². The number of fused-ring (bicyclic) bond motifs is 1. The number of carbonyl (C=O) groups excluding carboxylic acids is 1. The van der Waals surface area contributed by atoms with Crippen molar-refractivity contribution in [1.29, 1.82) is 0 Å². The number of hydrogen-bond donors (Lipinski definition) is 0. The molecule has 4 heteroatoms. The number of esters is 1. The summed E-state index contributed by atoms with van der Waals surface area (Å²) in [5.74, 6) is -0.317. The van der Waals surface area contributed by atoms with Crippen LogP contribution in [-0.2, 0) is 4.74 Å². The topological polar surface area (TPSA) is 52.1 Å². The standard InChI is InChI=1S/C14H16N2O2/c1-3-4-10(2)18-14(17)12-7-11-5-6-15-9-13(11)16-8-12/h5-10H,3-4H2,1-2H3. The predicted octanol–water partition coefficient (Wildman–Crippen LogP) is 2.98. The highest BCUT2D eigenvalue weighted by molar-refractivity contribution is 5.93. The Kier molecular flexibility index (Phi) is 3.87. The van der Waals surface area contributed by atoms with E-state index in [4.69, 9.17) is 4.74 Å². The van der Waals surface area contributed by atoms with Crippen LogP contribution >= 0.6 is 0 Å². The molecule has 2 aromatic heterocycles. The van der Waals surface area contributed by atoms with Crippen LogP contribution in [0, 0.1) is 0 Å². The smallest absolute Gasteiger partial charge is 0.339 e. The maximum atomic E-state index is 11.9. The molecular formula is C14H16N2O2. The second-order valence-corrected chi connectivity index (χ2v) is 4.30. The number of pyridine rings is 2. The highest BCUT2D eigenvalue weighted by Gasteiger charge is 2.12. The van der Waals surface area contributed by atoms with E-state index in [9.17, 15) is 4.79 Å². The molecule has 0 radical (unpaired) electrons. The SMILES string of the molecule is CCCC(C)OC(=O)c1cnc2cnccc2c1. The highest BCUT2D eigenvalue weighted by atomic mass is 16.5. The molecule has 4 nitrogen and oxygen atoms in total. The van der Waals surface area contributed by atoms with Gasteiger partial charge in [0.25, 0.3) is 0 Å². The molecule has 0 aliphatic carbocycles. The van der Waals surface area contributed by atoms with Crippen LogP contribution in [-0.4, -0.2) is 22.0 Å². The molecule has 2 rings (SSSR count). The first-order chi connectivity index (χ1) is 8.70. The Balaban J connectivity index is 2.17. The van der Waals surface area contributed by atoms with Crippen LogP contribution in [0.2, 0.25) is 0 Å². The first-order valence-electron chi connectivity index (χ1n) is 6.11. The molecule has 1 unspecified atom stereocenters. The molecule has 2 aromatic rings. The maximum absolute atomic E-state index is 11.9. The Morgan fingerprint density at radius 2 is 2.28 bits per heavy atom. The van der Waals surface area contributed by atoms with Gasteiger partial charge in [0.15, 0.2) is 0 Å². The van der Waals surface area contributed by atoms with Gasteiger partial charge in [-0.15, -0.1) is 0 Å². The fourth-order valence-electron chi connectivity index (χ4n) is 1.80. The van der Waals surface area contributed by atoms with Gasteiger partial charge in [-0.2, -0.15) is 0 Å². The number of ether oxygens (including phenoxy) is 1. The van der Waals surface area contributed by atoms with Crippen LogP contribution in [0.25, 0.3) is 10.9 Å². The van der Waals surface area contributed by atoms with Gasteiger partial charge < -0.3 is 4.74 Å². The second kappa shape index (κ2) is 5.58. The van der Waals surface area contributed by atoms with Gasteiger partial charge in [0.05, 0.1) is 23.4 Å². The lowest BCUT2D eigenvalue weighted by atomic mass is 10.2. The largest absolute Gasteiger partial charge is 0.459 e. The van der Waals surface area contributed by atoms with E-state index < -0.39 is 0 Å². The Morgan fingerprint density at radius 1 is 1.44 bits per heavy atom. The van der Waals surface area contributed by atoms with Crippen molar-refractivity contribution >= 4 is 16.9 Å². The maximum Gasteiger partial charge on any atom is 0.339 e. The average molecular weight is 244 g/mol. The van der Waals surface area contributed by atoms with E-state index in [2.05, 4.69) is 16.9 Å². The van der Waals surface area contributed by atoms with Crippen LogP contribution in [0.5, 0.6) is 0 Å². The lowest BCUT2D eigenvalue weighted by Gasteiger charge is -2.12. The quantitative estimate of drug-likeness (QED) is 0.776. The molecule has 94 valence electrons. The third kappa shape index (κ3) is 2.83. The third-order valence-electron chi connectivity index (χ3n) is 2.73. The molecule has 0 saturated heterocycles. The average Bonchev–Trinajstić information content (AvgIpc) is 2.38. The predicted molar refractivity (Wildman–Crippen MR) is 69.3 cm³/mol. The van der Waals surface area contributed by atoms with Gasteiger partial charge in [-0.25, -0.2) is 4.79 Å². The summed E-state index contributed by atoms with van der Waals surface area (Å²) in [4.78, 5) is 20.1. The van der Waals surface area contributed by atoms with E-state index in [0.29, 0.717) is 5.56 Å². The molecule has 0 bridgehead atoms. The summed E-state index contributed by atoms with van der Waals surface area (Å²) < 4.78 is 5.33. The van der Waals surface area contributed by atoms with E-state index in [1.165, 1.54) is 6.20 Å². The van der Waals surface area contributed by atoms with Gasteiger partial charge >= 0.3 is 5.97 Å². The summed E-state index contributed by atoms with van der Waals surface area (Å²) in [5.41, 5.74) is 1.26. The molecule has 18 heavy (non-hydrogen) atoms. The van der Waals surface area contributed by atoms with Crippen molar-refractivity contribution in [1.82, 2.24) is 9.97 Å². The van der Waals surface area contributed by atoms with Crippen molar-refractivity contribution in [3.8, 4) is 0 Å². The molecule has 0 saturated carbocycles. The van der Waals surface area contributed by atoms with Gasteiger partial charge in [0, 0.05) is 17.8 Å². The van der Waals surface area contributed by atoms with Gasteiger partial charge in [-0.1, -0.05) is 13.3 Å². The normalized spacial score (nSPS) is 12.3. The molecule has 0 aliphatic rings. The van der Waals surface area contributed by atoms with Gasteiger partial charge in [0.1, 0.15) is 0 Å². The van der Waals surface area contributed by atoms with Crippen molar-refractivity contribution in [2.75, 3.05) is 0 Å². The lowest BCUT2D eigenvalue weighted by Crippen LogP contribution is -2.14. The molecule has 0 aromatic carbocycles. The van der Waals surface area contributed by atoms with E-state index in [1.807, 2.05) is 13.0 Å². The Bertz CT molecular complexity index is 554. The van der Waals surface area contributed by atoms with Crippen molar-refractivity contribution < 1.29 is 9.53 Å². The van der Waals surface area contributed by atoms with Crippen LogP contribution in [0.4, 0.5) is 0 Å². The minimum atomic E-state index is -0.317. The van der Waals surface area contributed by atoms with Crippen molar-refractivity contribution in [3.63, 3.8) is 0 Å². The zero-order valence-electron chi connectivity index (χ0n) is 10.6. The van der Waals surface area contributed by atoms with E-state index in [-0.39, 0.29) is 12.1 Å². The fourth-order valence-corrected chi connectivity index (χ4v) is 1.80. The van der Waals surface area contributed by atoms with Gasteiger partial charge in [-0.3, -0.25) is 9.97 Å². The number of rotatable bonds is 4. The minimum absolute atomic E-state index is 0.0596. The van der Waals surface area contributed by atoms with Crippen LogP contribution in [0.3, 0.4) is 0 Å². The summed E-state index contributed by atoms with van der Waals surface area (Å²) in [7, 11) is 0. The summed E-state index contributed by atoms with van der Waals surface area (Å²) in [6.45, 7) is 3.97. The summed E-state index contributed by atoms with van der Waals surface area (Å²) in [6.07, 6.45) is 6.69. The minimum Gasteiger partial charge on any atom is -0.459 e. The van der Waals surface area contributed by atoms with E-state index in [1.54, 1.807) is 18.5 Å². The molecule has 2 heterocycles. The summed E-state index contributed by atoms with van der Waals surface area (Å²) in [5, 5.41) is 0.891. The van der Waals surface area contributed by atoms with Crippen LogP contribution < -0.4 is 0 Å². The Morgan fingerprint density at radius 3 is 3.06 bits per heavy atom. The molecule has 0 amide bonds. The first-order valence-corrected chi connectivity index (χ1v) is 6.11. The monoisotopic (exact) mass is 244 g/mol. The fraction of sp³-hybridized carbons (Fsp3) is 0.357. The zero-order chi connectivity index (χ0) is 13.0. The molecule has 1 atom stereocenters. The van der Waals surface area contributed by atoms with E-state index >= 15 is 0 Å². The molecular weight excluding hydrogens is 228 g/mol. The molecule has 0 N–H and O–H groups in total. The number of nitrogens with zero attached hydrogens (tertiary/aromatic N) is 2. The van der Waals surface area contributed by atoms with Crippen LogP contribution in [0.15, 0.2) is 30.7 Å². The van der Waals surface area contributed by atoms with Crippen molar-refractivity contribution in [3.05, 3.63) is 36.3 Å². The van der Waals surface area contributed by atoms with Crippen molar-refractivity contribution in [2.24, 2.45) is 0 Å². The van der Waals surface area contributed by atoms with Gasteiger partial charge in [0.2, 0.25) is 0 Å². The van der Waals surface area contributed by atoms with E-state index in [0.717, 1.165) is 23.7 Å². The lowest BCUT2D eigenvalue weighted by molar-refractivity contribution is 0.0323. The third-order valence-corrected chi connectivity index (χ3v) is 2.73. The summed E-state index contributed by atoms with van der Waals surface area (Å²) >= 11 is 0. The number of hydrogen-bond acceptors (Lipinski definition) is 4. The number of aromatic nitrogens is 2. The highest BCUT2D eigenvalue weighted by Crippen LogP contribution is 2.13. The van der Waals surface area contributed by atoms with Gasteiger partial charge in [-0.05, 0) is 25.5 Å². The Hall–Kier alpha value is -1.97. The second-order valence-electron chi connectivity index (χ2n) is 4.30. The Labute approximate surface area is 106 Å². The summed E-state index contributed by atoms with van der Waals surface area (Å²) in [6, 6.07) is 3.61. The first kappa shape index (κ1) is 12.5. The molecule has 0 fully saturated rings. The number of carbonyl (C=O) groups is 1. The molecule has 0 spiro atoms. The zero-order valence-corrected chi connectivity index (χ0v) is 10.6.